The number of nitrogen functional groups attached to an aromatic ring is 1. The van der Waals surface area contributed by atoms with Gasteiger partial charge < -0.3 is 11.1 Å². The second kappa shape index (κ2) is 5.98. The third-order valence-corrected chi connectivity index (χ3v) is 2.91. The summed E-state index contributed by atoms with van der Waals surface area (Å²) in [5, 5.41) is 3.97. The first-order valence-electron chi connectivity index (χ1n) is 6.41. The molecule has 3 nitrogen and oxygen atoms in total. The summed E-state index contributed by atoms with van der Waals surface area (Å²) in [5.41, 5.74) is 7.15. The molecule has 0 aliphatic heterocycles. The summed E-state index contributed by atoms with van der Waals surface area (Å²) in [6.45, 7) is 0.476. The first kappa shape index (κ1) is 14.4. The third-order valence-electron chi connectivity index (χ3n) is 2.91. The van der Waals surface area contributed by atoms with Crippen LogP contribution in [0.2, 0.25) is 0 Å². The standard InChI is InChI=1S/C14H16F3N3/c15-14(16,17)7-1-2-8-19-13-6-3-10-9-11(18)4-5-12(10)20-13/h3-6,9H,1-2,7-8,18H2,(H,19,20). The van der Waals surface area contributed by atoms with Gasteiger partial charge in [-0.1, -0.05) is 0 Å². The van der Waals surface area contributed by atoms with Crippen molar-refractivity contribution >= 4 is 22.4 Å². The summed E-state index contributed by atoms with van der Waals surface area (Å²) in [5.74, 6) is 0.661. The number of nitrogens with one attached hydrogen (secondary N) is 1. The van der Waals surface area contributed by atoms with Crippen molar-refractivity contribution in [3.63, 3.8) is 0 Å². The van der Waals surface area contributed by atoms with E-state index in [2.05, 4.69) is 10.3 Å². The predicted octanol–water partition coefficient (Wildman–Crippen LogP) is 3.96. The first-order chi connectivity index (χ1) is 9.44. The number of nitrogens with two attached hydrogens (primary N) is 1. The molecule has 2 rings (SSSR count). The topological polar surface area (TPSA) is 50.9 Å². The number of aromatic nitrogens is 1. The number of alkyl halides is 3. The fourth-order valence-electron chi connectivity index (χ4n) is 1.91. The van der Waals surface area contributed by atoms with Gasteiger partial charge in [0.25, 0.3) is 0 Å². The molecule has 1 aromatic heterocycles. The van der Waals surface area contributed by atoms with Crippen LogP contribution in [-0.4, -0.2) is 17.7 Å². The number of hydrogen-bond donors (Lipinski definition) is 2. The van der Waals surface area contributed by atoms with Crippen LogP contribution in [-0.2, 0) is 0 Å². The average Bonchev–Trinajstić information content (AvgIpc) is 2.37. The van der Waals surface area contributed by atoms with Crippen molar-refractivity contribution in [2.75, 3.05) is 17.6 Å². The van der Waals surface area contributed by atoms with E-state index in [9.17, 15) is 13.2 Å². The molecule has 0 spiro atoms. The molecular formula is C14H16F3N3. The van der Waals surface area contributed by atoms with Crippen molar-refractivity contribution in [3.05, 3.63) is 30.3 Å². The molecule has 0 amide bonds. The molecule has 0 aliphatic rings. The second-order valence-electron chi connectivity index (χ2n) is 4.65. The van der Waals surface area contributed by atoms with Crippen LogP contribution in [0.25, 0.3) is 10.9 Å². The Morgan fingerprint density at radius 2 is 1.90 bits per heavy atom. The number of benzene rings is 1. The Hall–Kier alpha value is -1.98. The van der Waals surface area contributed by atoms with Crippen LogP contribution in [0.3, 0.4) is 0 Å². The van der Waals surface area contributed by atoms with Crippen LogP contribution < -0.4 is 11.1 Å². The number of fused-ring (bicyclic) bond motifs is 1. The Bertz CT molecular complexity index is 581. The molecule has 0 fully saturated rings. The van der Waals surface area contributed by atoms with Crippen molar-refractivity contribution in [2.24, 2.45) is 0 Å². The highest BCUT2D eigenvalue weighted by atomic mass is 19.4. The van der Waals surface area contributed by atoms with Gasteiger partial charge in [-0.2, -0.15) is 13.2 Å². The molecule has 3 N–H and O–H groups in total. The highest BCUT2D eigenvalue weighted by molar-refractivity contribution is 5.83. The van der Waals surface area contributed by atoms with E-state index in [1.165, 1.54) is 0 Å². The zero-order valence-electron chi connectivity index (χ0n) is 10.9. The van der Waals surface area contributed by atoms with Crippen LogP contribution in [0, 0.1) is 0 Å². The lowest BCUT2D eigenvalue weighted by molar-refractivity contribution is -0.135. The fraction of sp³-hybridized carbons (Fsp3) is 0.357. The number of halogens is 3. The normalized spacial score (nSPS) is 11.8. The number of nitrogens with zero attached hydrogens (tertiary/aromatic N) is 1. The van der Waals surface area contributed by atoms with Gasteiger partial charge in [0.15, 0.2) is 0 Å². The fourth-order valence-corrected chi connectivity index (χ4v) is 1.91. The van der Waals surface area contributed by atoms with Crippen molar-refractivity contribution in [1.29, 1.82) is 0 Å². The summed E-state index contributed by atoms with van der Waals surface area (Å²) in [6, 6.07) is 9.10. The molecule has 1 aromatic carbocycles. The first-order valence-corrected chi connectivity index (χ1v) is 6.41. The van der Waals surface area contributed by atoms with Crippen molar-refractivity contribution in [3.8, 4) is 0 Å². The molecule has 0 saturated carbocycles. The van der Waals surface area contributed by atoms with Gasteiger partial charge in [0, 0.05) is 24.0 Å². The molecule has 0 unspecified atom stereocenters. The third kappa shape index (κ3) is 4.29. The average molecular weight is 283 g/mol. The molecule has 6 heteroatoms. The molecule has 2 aromatic rings. The quantitative estimate of drug-likeness (QED) is 0.645. The molecular weight excluding hydrogens is 267 g/mol. The minimum atomic E-state index is -4.07. The Labute approximate surface area is 115 Å². The van der Waals surface area contributed by atoms with Gasteiger partial charge in [0.05, 0.1) is 5.52 Å². The van der Waals surface area contributed by atoms with Gasteiger partial charge in [-0.3, -0.25) is 0 Å². The van der Waals surface area contributed by atoms with Crippen LogP contribution in [0.15, 0.2) is 30.3 Å². The van der Waals surface area contributed by atoms with E-state index < -0.39 is 12.6 Å². The maximum atomic E-state index is 12.0. The summed E-state index contributed by atoms with van der Waals surface area (Å²) in [7, 11) is 0. The minimum Gasteiger partial charge on any atom is -0.399 e. The van der Waals surface area contributed by atoms with Crippen LogP contribution in [0.5, 0.6) is 0 Å². The molecule has 20 heavy (non-hydrogen) atoms. The van der Waals surface area contributed by atoms with E-state index in [1.54, 1.807) is 12.1 Å². The summed E-state index contributed by atoms with van der Waals surface area (Å²) >= 11 is 0. The van der Waals surface area contributed by atoms with E-state index in [0.29, 0.717) is 24.5 Å². The Kier molecular flexibility index (Phi) is 4.32. The molecule has 0 bridgehead atoms. The smallest absolute Gasteiger partial charge is 0.389 e. The lowest BCUT2D eigenvalue weighted by atomic mass is 10.2. The minimum absolute atomic E-state index is 0.126. The van der Waals surface area contributed by atoms with E-state index in [-0.39, 0.29) is 6.42 Å². The lowest BCUT2D eigenvalue weighted by Crippen LogP contribution is -2.09. The van der Waals surface area contributed by atoms with Gasteiger partial charge >= 0.3 is 6.18 Å². The zero-order chi connectivity index (χ0) is 14.6. The number of anilines is 2. The molecule has 0 saturated heterocycles. The van der Waals surface area contributed by atoms with E-state index in [0.717, 1.165) is 10.9 Å². The zero-order valence-corrected chi connectivity index (χ0v) is 10.9. The van der Waals surface area contributed by atoms with Gasteiger partial charge in [0.2, 0.25) is 0 Å². The van der Waals surface area contributed by atoms with E-state index >= 15 is 0 Å². The molecule has 0 radical (unpaired) electrons. The number of pyridine rings is 1. The maximum Gasteiger partial charge on any atom is 0.389 e. The van der Waals surface area contributed by atoms with Gasteiger partial charge in [0.1, 0.15) is 5.82 Å². The lowest BCUT2D eigenvalue weighted by Gasteiger charge is -2.08. The summed E-state index contributed by atoms with van der Waals surface area (Å²) in [6.07, 6.45) is -4.22. The molecule has 0 aliphatic carbocycles. The second-order valence-corrected chi connectivity index (χ2v) is 4.65. The van der Waals surface area contributed by atoms with Crippen LogP contribution >= 0.6 is 0 Å². The Morgan fingerprint density at radius 3 is 2.65 bits per heavy atom. The number of rotatable bonds is 5. The maximum absolute atomic E-state index is 12.0. The van der Waals surface area contributed by atoms with Crippen LogP contribution in [0.1, 0.15) is 19.3 Å². The predicted molar refractivity (Wildman–Crippen MR) is 74.6 cm³/mol. The SMILES string of the molecule is Nc1ccc2nc(NCCCCC(F)(F)F)ccc2c1. The van der Waals surface area contributed by atoms with E-state index in [1.807, 2.05) is 18.2 Å². The highest BCUT2D eigenvalue weighted by Gasteiger charge is 2.25. The van der Waals surface area contributed by atoms with Gasteiger partial charge in [-0.05, 0) is 43.2 Å². The van der Waals surface area contributed by atoms with Crippen molar-refractivity contribution in [1.82, 2.24) is 4.98 Å². The number of hydrogen-bond acceptors (Lipinski definition) is 3. The monoisotopic (exact) mass is 283 g/mol. The van der Waals surface area contributed by atoms with Gasteiger partial charge in [-0.15, -0.1) is 0 Å². The van der Waals surface area contributed by atoms with Crippen molar-refractivity contribution in [2.45, 2.75) is 25.4 Å². The van der Waals surface area contributed by atoms with Gasteiger partial charge in [-0.25, -0.2) is 4.98 Å². The Balaban J connectivity index is 1.86. The Morgan fingerprint density at radius 1 is 1.10 bits per heavy atom. The summed E-state index contributed by atoms with van der Waals surface area (Å²) < 4.78 is 35.9. The van der Waals surface area contributed by atoms with Crippen molar-refractivity contribution < 1.29 is 13.2 Å². The van der Waals surface area contributed by atoms with Crippen LogP contribution in [0.4, 0.5) is 24.7 Å². The number of unbranched alkanes of at least 4 members (excludes halogenated alkanes) is 1. The molecule has 0 atom stereocenters. The molecule has 1 heterocycles. The molecule has 108 valence electrons. The largest absolute Gasteiger partial charge is 0.399 e. The summed E-state index contributed by atoms with van der Waals surface area (Å²) in [4.78, 5) is 4.37. The van der Waals surface area contributed by atoms with E-state index in [4.69, 9.17) is 5.73 Å². The highest BCUT2D eigenvalue weighted by Crippen LogP contribution is 2.22.